The molecule has 1 unspecified atom stereocenters. The Morgan fingerprint density at radius 1 is 1.50 bits per heavy atom. The molecule has 0 heterocycles. The highest BCUT2D eigenvalue weighted by molar-refractivity contribution is 8.06. The number of hydrogen-bond donors (Lipinski definition) is 0. The van der Waals surface area contributed by atoms with E-state index in [4.69, 9.17) is 0 Å². The fraction of sp³-hybridized carbons (Fsp3) is 1.00. The maximum absolute atomic E-state index is 11.5. The molecule has 12 heavy (non-hydrogen) atoms. The molecule has 0 aliphatic carbocycles. The molecular weight excluding hydrogens is 240 g/mol. The molecule has 0 fully saturated rings. The zero-order valence-corrected chi connectivity index (χ0v) is 7.97. The summed E-state index contributed by atoms with van der Waals surface area (Å²) in [5, 5.41) is 0. The first-order valence-electron chi connectivity index (χ1n) is 2.59. The standard InChI is InChI=1S/C3H5ClF3O3PS/c4-10-11(8,12)9-2-1-3(5,6)7/h1-2H2,(H,8,12)/p-1. The molecule has 0 bridgehead atoms. The van der Waals surface area contributed by atoms with Crippen molar-refractivity contribution in [2.75, 3.05) is 6.61 Å². The van der Waals surface area contributed by atoms with Crippen molar-refractivity contribution in [2.45, 2.75) is 12.6 Å². The average Bonchev–Trinajstić information content (AvgIpc) is 1.84. The van der Waals surface area contributed by atoms with Crippen LogP contribution in [-0.2, 0) is 20.4 Å². The third-order valence-corrected chi connectivity index (χ3v) is 2.72. The first-order valence-corrected chi connectivity index (χ1v) is 5.46. The first-order chi connectivity index (χ1) is 5.27. The van der Waals surface area contributed by atoms with Gasteiger partial charge in [-0.1, -0.05) is 11.8 Å². The van der Waals surface area contributed by atoms with E-state index < -0.39 is 25.9 Å². The van der Waals surface area contributed by atoms with Crippen LogP contribution in [0.5, 0.6) is 0 Å². The van der Waals surface area contributed by atoms with Crippen molar-refractivity contribution in [2.24, 2.45) is 0 Å². The molecule has 0 aromatic heterocycles. The summed E-state index contributed by atoms with van der Waals surface area (Å²) in [6, 6.07) is 0. The number of hydrogen-bond acceptors (Lipinski definition) is 4. The molecule has 0 N–H and O–H groups in total. The van der Waals surface area contributed by atoms with Crippen LogP contribution in [0.25, 0.3) is 0 Å². The summed E-state index contributed by atoms with van der Waals surface area (Å²) >= 11 is 8.61. The Labute approximate surface area is 76.8 Å². The summed E-state index contributed by atoms with van der Waals surface area (Å²) in [5.74, 6) is 0. The van der Waals surface area contributed by atoms with E-state index in [9.17, 15) is 18.1 Å². The highest BCUT2D eigenvalue weighted by Gasteiger charge is 2.27. The average molecular weight is 244 g/mol. The highest BCUT2D eigenvalue weighted by atomic mass is 35.5. The second-order valence-electron chi connectivity index (χ2n) is 1.71. The second-order valence-corrected chi connectivity index (χ2v) is 4.76. The number of rotatable bonds is 4. The van der Waals surface area contributed by atoms with Crippen LogP contribution in [0.1, 0.15) is 6.42 Å². The van der Waals surface area contributed by atoms with Crippen LogP contribution in [-0.4, -0.2) is 12.8 Å². The summed E-state index contributed by atoms with van der Waals surface area (Å²) in [7, 11) is 0. The fourth-order valence-electron chi connectivity index (χ4n) is 0.293. The SMILES string of the molecule is [O-]P(=S)(OCl)OCCC(F)(F)F. The third kappa shape index (κ3) is 7.27. The minimum absolute atomic E-state index is 0.822. The molecular formula is C3H4ClF3O3PS-. The van der Waals surface area contributed by atoms with Crippen molar-refractivity contribution in [3.05, 3.63) is 0 Å². The summed E-state index contributed by atoms with van der Waals surface area (Å²) in [6.45, 7) is -4.73. The lowest BCUT2D eigenvalue weighted by molar-refractivity contribution is -0.202. The van der Waals surface area contributed by atoms with Crippen LogP contribution in [0.4, 0.5) is 13.2 Å². The molecule has 0 aliphatic heterocycles. The van der Waals surface area contributed by atoms with Gasteiger partial charge in [-0.3, -0.25) is 0 Å². The fourth-order valence-corrected chi connectivity index (χ4v) is 0.991. The largest absolute Gasteiger partial charge is 0.779 e. The first kappa shape index (κ1) is 12.6. The van der Waals surface area contributed by atoms with Gasteiger partial charge in [-0.25, -0.2) is 4.08 Å². The van der Waals surface area contributed by atoms with E-state index >= 15 is 0 Å². The van der Waals surface area contributed by atoms with E-state index in [2.05, 4.69) is 32.3 Å². The van der Waals surface area contributed by atoms with Gasteiger partial charge in [-0.15, -0.1) is 0 Å². The van der Waals surface area contributed by atoms with Gasteiger partial charge in [0.2, 0.25) is 0 Å². The maximum atomic E-state index is 11.5. The normalized spacial score (nSPS) is 17.4. The maximum Gasteiger partial charge on any atom is 0.391 e. The van der Waals surface area contributed by atoms with Crippen molar-refractivity contribution in [3.8, 4) is 0 Å². The summed E-state index contributed by atoms with van der Waals surface area (Å²) < 4.78 is 42.0. The molecule has 1 atom stereocenters. The van der Waals surface area contributed by atoms with Gasteiger partial charge in [0.15, 0.2) is 0 Å². The molecule has 0 spiro atoms. The molecule has 0 amide bonds. The van der Waals surface area contributed by atoms with E-state index in [0.717, 1.165) is 0 Å². The van der Waals surface area contributed by atoms with Crippen LogP contribution >= 0.6 is 18.6 Å². The Bertz CT molecular complexity index is 186. The van der Waals surface area contributed by atoms with Gasteiger partial charge in [0.05, 0.1) is 24.9 Å². The topological polar surface area (TPSA) is 41.5 Å². The van der Waals surface area contributed by atoms with Gasteiger partial charge >= 0.3 is 6.18 Å². The lowest BCUT2D eigenvalue weighted by Crippen LogP contribution is -2.13. The molecule has 0 saturated heterocycles. The molecule has 0 radical (unpaired) electrons. The predicted octanol–water partition coefficient (Wildman–Crippen LogP) is 1.71. The summed E-state index contributed by atoms with van der Waals surface area (Å²) in [4.78, 5) is 10.5. The van der Waals surface area contributed by atoms with E-state index in [1.54, 1.807) is 0 Å². The highest BCUT2D eigenvalue weighted by Crippen LogP contribution is 2.40. The molecule has 0 aromatic carbocycles. The van der Waals surface area contributed by atoms with Gasteiger partial charge < -0.3 is 9.42 Å². The lowest BCUT2D eigenvalue weighted by atomic mass is 10.5. The Kier molecular flexibility index (Phi) is 4.98. The van der Waals surface area contributed by atoms with E-state index in [0.29, 0.717) is 0 Å². The van der Waals surface area contributed by atoms with Gasteiger partial charge in [0.25, 0.3) is 0 Å². The third-order valence-electron chi connectivity index (χ3n) is 0.719. The van der Waals surface area contributed by atoms with E-state index in [-0.39, 0.29) is 0 Å². The van der Waals surface area contributed by atoms with Crippen LogP contribution in [0.3, 0.4) is 0 Å². The molecule has 0 aromatic rings. The quantitative estimate of drug-likeness (QED) is 0.705. The molecule has 0 saturated carbocycles. The van der Waals surface area contributed by atoms with Crippen molar-refractivity contribution >= 4 is 30.4 Å². The van der Waals surface area contributed by atoms with Crippen molar-refractivity contribution in [3.63, 3.8) is 0 Å². The zero-order valence-electron chi connectivity index (χ0n) is 5.51. The molecule has 3 nitrogen and oxygen atoms in total. The second kappa shape index (κ2) is 4.74. The zero-order chi connectivity index (χ0) is 9.83. The molecule has 74 valence electrons. The molecule has 0 rings (SSSR count). The monoisotopic (exact) mass is 243 g/mol. The van der Waals surface area contributed by atoms with Gasteiger partial charge in [-0.05, 0) is 0 Å². The number of halogens is 4. The molecule has 0 aliphatic rings. The van der Waals surface area contributed by atoms with Gasteiger partial charge in [-0.2, -0.15) is 13.2 Å². The summed E-state index contributed by atoms with van der Waals surface area (Å²) in [6.07, 6.45) is -5.62. The van der Waals surface area contributed by atoms with Gasteiger partial charge in [0.1, 0.15) is 6.72 Å². The van der Waals surface area contributed by atoms with Crippen molar-refractivity contribution in [1.29, 1.82) is 0 Å². The Morgan fingerprint density at radius 2 is 2.00 bits per heavy atom. The van der Waals surface area contributed by atoms with Crippen LogP contribution in [0.15, 0.2) is 0 Å². The van der Waals surface area contributed by atoms with Crippen LogP contribution in [0, 0.1) is 0 Å². The van der Waals surface area contributed by atoms with E-state index in [1.807, 2.05) is 0 Å². The van der Waals surface area contributed by atoms with Crippen molar-refractivity contribution in [1.82, 2.24) is 0 Å². The number of alkyl halides is 3. The smallest absolute Gasteiger partial charge is 0.391 e. The van der Waals surface area contributed by atoms with Crippen molar-refractivity contribution < 1.29 is 26.7 Å². The minimum Gasteiger partial charge on any atom is -0.779 e. The van der Waals surface area contributed by atoms with E-state index in [1.165, 1.54) is 0 Å². The summed E-state index contributed by atoms with van der Waals surface area (Å²) in [5.41, 5.74) is 0. The Hall–Kier alpha value is 0.610. The Morgan fingerprint density at radius 3 is 2.33 bits per heavy atom. The molecule has 9 heteroatoms. The van der Waals surface area contributed by atoms with Crippen LogP contribution in [0.2, 0.25) is 0 Å². The van der Waals surface area contributed by atoms with Gasteiger partial charge in [0, 0.05) is 0 Å². The predicted molar refractivity (Wildman–Crippen MR) is 37.8 cm³/mol. The lowest BCUT2D eigenvalue weighted by Gasteiger charge is -2.22. The van der Waals surface area contributed by atoms with Crippen LogP contribution < -0.4 is 4.89 Å². The minimum atomic E-state index is -4.37. The Balaban J connectivity index is 3.65.